The van der Waals surface area contributed by atoms with Gasteiger partial charge < -0.3 is 5.32 Å². The molecule has 0 amide bonds. The summed E-state index contributed by atoms with van der Waals surface area (Å²) < 4.78 is 0. The van der Waals surface area contributed by atoms with Crippen LogP contribution in [0.15, 0.2) is 5.51 Å². The SMILES string of the molecule is CCCN(CCc1scnc1C)C1CCNCC1.Cl.Cl. The Kier molecular flexibility index (Phi) is 10.9. The molecule has 0 atom stereocenters. The molecular weight excluding hydrogens is 313 g/mol. The van der Waals surface area contributed by atoms with Crippen LogP contribution in [0, 0.1) is 6.92 Å². The summed E-state index contributed by atoms with van der Waals surface area (Å²) in [5, 5.41) is 3.46. The van der Waals surface area contributed by atoms with E-state index in [4.69, 9.17) is 0 Å². The van der Waals surface area contributed by atoms with Crippen molar-refractivity contribution >= 4 is 36.2 Å². The van der Waals surface area contributed by atoms with E-state index in [2.05, 4.69) is 29.0 Å². The maximum absolute atomic E-state index is 4.34. The number of hydrogen-bond acceptors (Lipinski definition) is 4. The van der Waals surface area contributed by atoms with Gasteiger partial charge in [0.1, 0.15) is 0 Å². The summed E-state index contributed by atoms with van der Waals surface area (Å²) in [6.07, 6.45) is 5.04. The molecule has 1 aromatic heterocycles. The summed E-state index contributed by atoms with van der Waals surface area (Å²) in [7, 11) is 0. The number of aryl methyl sites for hydroxylation is 1. The minimum atomic E-state index is 0. The van der Waals surface area contributed by atoms with Crippen molar-refractivity contribution in [2.24, 2.45) is 0 Å². The average Bonchev–Trinajstić information content (AvgIpc) is 2.81. The lowest BCUT2D eigenvalue weighted by Crippen LogP contribution is -2.44. The molecule has 0 aliphatic carbocycles. The average molecular weight is 340 g/mol. The molecule has 1 fully saturated rings. The zero-order chi connectivity index (χ0) is 12.8. The lowest BCUT2D eigenvalue weighted by molar-refractivity contribution is 0.164. The Morgan fingerprint density at radius 3 is 2.55 bits per heavy atom. The Bertz CT molecular complexity index is 354. The third-order valence-electron chi connectivity index (χ3n) is 3.81. The van der Waals surface area contributed by atoms with E-state index in [1.165, 1.54) is 62.4 Å². The third kappa shape index (κ3) is 5.86. The van der Waals surface area contributed by atoms with E-state index in [1.807, 2.05) is 5.51 Å². The number of piperidine rings is 1. The number of halogens is 2. The highest BCUT2D eigenvalue weighted by atomic mass is 35.5. The quantitative estimate of drug-likeness (QED) is 0.861. The van der Waals surface area contributed by atoms with Crippen LogP contribution in [0.3, 0.4) is 0 Å². The number of thiazole rings is 1. The fourth-order valence-electron chi connectivity index (χ4n) is 2.75. The lowest BCUT2D eigenvalue weighted by Gasteiger charge is -2.34. The topological polar surface area (TPSA) is 28.2 Å². The van der Waals surface area contributed by atoms with Crippen molar-refractivity contribution < 1.29 is 0 Å². The highest BCUT2D eigenvalue weighted by molar-refractivity contribution is 7.09. The Labute approximate surface area is 139 Å². The smallest absolute Gasteiger partial charge is 0.0797 e. The van der Waals surface area contributed by atoms with E-state index in [0.717, 1.165) is 6.04 Å². The maximum atomic E-state index is 4.34. The van der Waals surface area contributed by atoms with Gasteiger partial charge in [-0.1, -0.05) is 6.92 Å². The Balaban J connectivity index is 0.00000180. The van der Waals surface area contributed by atoms with E-state index in [9.17, 15) is 0 Å². The third-order valence-corrected chi connectivity index (χ3v) is 4.80. The van der Waals surface area contributed by atoms with Crippen LogP contribution in [0.4, 0.5) is 0 Å². The fraction of sp³-hybridized carbons (Fsp3) is 0.786. The van der Waals surface area contributed by atoms with Crippen LogP contribution in [-0.2, 0) is 6.42 Å². The molecule has 1 saturated heterocycles. The van der Waals surface area contributed by atoms with Gasteiger partial charge in [-0.2, -0.15) is 0 Å². The van der Waals surface area contributed by atoms with Crippen molar-refractivity contribution in [3.8, 4) is 0 Å². The summed E-state index contributed by atoms with van der Waals surface area (Å²) in [4.78, 5) is 8.50. The van der Waals surface area contributed by atoms with E-state index >= 15 is 0 Å². The summed E-state index contributed by atoms with van der Waals surface area (Å²) in [6.45, 7) is 9.21. The summed E-state index contributed by atoms with van der Waals surface area (Å²) in [5.74, 6) is 0. The van der Waals surface area contributed by atoms with Gasteiger partial charge in [0, 0.05) is 17.5 Å². The molecule has 1 aromatic rings. The molecule has 0 unspecified atom stereocenters. The molecule has 118 valence electrons. The Hall–Kier alpha value is 0.130. The molecule has 2 rings (SSSR count). The molecular formula is C14H27Cl2N3S. The van der Waals surface area contributed by atoms with Gasteiger partial charge in [-0.05, 0) is 52.2 Å². The molecule has 2 heterocycles. The van der Waals surface area contributed by atoms with E-state index < -0.39 is 0 Å². The summed E-state index contributed by atoms with van der Waals surface area (Å²) in [6, 6.07) is 0.791. The second-order valence-corrected chi connectivity index (χ2v) is 6.07. The Morgan fingerprint density at radius 2 is 2.00 bits per heavy atom. The lowest BCUT2D eigenvalue weighted by atomic mass is 10.0. The zero-order valence-electron chi connectivity index (χ0n) is 12.4. The molecule has 1 N–H and O–H groups in total. The first-order valence-corrected chi connectivity index (χ1v) is 8.03. The van der Waals surface area contributed by atoms with E-state index in [1.54, 1.807) is 11.3 Å². The van der Waals surface area contributed by atoms with Gasteiger partial charge in [0.05, 0.1) is 11.2 Å². The highest BCUT2D eigenvalue weighted by Gasteiger charge is 2.20. The first-order chi connectivity index (χ1) is 8.81. The second-order valence-electron chi connectivity index (χ2n) is 5.13. The van der Waals surface area contributed by atoms with E-state index in [0.29, 0.717) is 0 Å². The predicted molar refractivity (Wildman–Crippen MR) is 92.8 cm³/mol. The van der Waals surface area contributed by atoms with Crippen molar-refractivity contribution in [3.63, 3.8) is 0 Å². The van der Waals surface area contributed by atoms with Crippen LogP contribution in [0.2, 0.25) is 0 Å². The standard InChI is InChI=1S/C14H25N3S.2ClH/c1-3-9-17(13-4-7-15-8-5-13)10-6-14-12(2)16-11-18-14;;/h11,13,15H,3-10H2,1-2H3;2*1H. The molecule has 0 spiro atoms. The normalized spacial score (nSPS) is 15.8. The minimum absolute atomic E-state index is 0. The van der Waals surface area contributed by atoms with Gasteiger partial charge in [-0.3, -0.25) is 4.90 Å². The Morgan fingerprint density at radius 1 is 1.30 bits per heavy atom. The molecule has 1 aliphatic rings. The van der Waals surface area contributed by atoms with Crippen LogP contribution in [-0.4, -0.2) is 42.1 Å². The van der Waals surface area contributed by atoms with Gasteiger partial charge in [-0.15, -0.1) is 36.2 Å². The second kappa shape index (κ2) is 10.8. The molecule has 0 aromatic carbocycles. The maximum Gasteiger partial charge on any atom is 0.0797 e. The van der Waals surface area contributed by atoms with Crippen LogP contribution in [0.25, 0.3) is 0 Å². The molecule has 0 saturated carbocycles. The van der Waals surface area contributed by atoms with Crippen LogP contribution >= 0.6 is 36.2 Å². The first-order valence-electron chi connectivity index (χ1n) is 7.15. The molecule has 1 aliphatic heterocycles. The van der Waals surface area contributed by atoms with Crippen LogP contribution in [0.5, 0.6) is 0 Å². The van der Waals surface area contributed by atoms with Crippen molar-refractivity contribution in [1.82, 2.24) is 15.2 Å². The largest absolute Gasteiger partial charge is 0.317 e. The van der Waals surface area contributed by atoms with E-state index in [-0.39, 0.29) is 24.8 Å². The molecule has 0 bridgehead atoms. The van der Waals surface area contributed by atoms with Crippen molar-refractivity contribution in [2.75, 3.05) is 26.2 Å². The van der Waals surface area contributed by atoms with Crippen LogP contribution < -0.4 is 5.32 Å². The van der Waals surface area contributed by atoms with Crippen LogP contribution in [0.1, 0.15) is 36.8 Å². The van der Waals surface area contributed by atoms with Crippen molar-refractivity contribution in [1.29, 1.82) is 0 Å². The summed E-state index contributed by atoms with van der Waals surface area (Å²) in [5.41, 5.74) is 3.20. The molecule has 6 heteroatoms. The van der Waals surface area contributed by atoms with Crippen molar-refractivity contribution in [2.45, 2.75) is 45.6 Å². The highest BCUT2D eigenvalue weighted by Crippen LogP contribution is 2.17. The first kappa shape index (κ1) is 20.1. The number of nitrogens with one attached hydrogen (secondary N) is 1. The van der Waals surface area contributed by atoms with Crippen molar-refractivity contribution in [3.05, 3.63) is 16.1 Å². The van der Waals surface area contributed by atoms with Gasteiger partial charge in [-0.25, -0.2) is 4.98 Å². The van der Waals surface area contributed by atoms with Gasteiger partial charge in [0.25, 0.3) is 0 Å². The summed E-state index contributed by atoms with van der Waals surface area (Å²) >= 11 is 1.81. The minimum Gasteiger partial charge on any atom is -0.317 e. The number of nitrogens with zero attached hydrogens (tertiary/aromatic N) is 2. The fourth-order valence-corrected chi connectivity index (χ4v) is 3.52. The van der Waals surface area contributed by atoms with Gasteiger partial charge in [0.15, 0.2) is 0 Å². The van der Waals surface area contributed by atoms with Gasteiger partial charge in [0.2, 0.25) is 0 Å². The molecule has 20 heavy (non-hydrogen) atoms. The predicted octanol–water partition coefficient (Wildman–Crippen LogP) is 3.30. The number of hydrogen-bond donors (Lipinski definition) is 1. The monoisotopic (exact) mass is 339 g/mol. The molecule has 0 radical (unpaired) electrons. The zero-order valence-corrected chi connectivity index (χ0v) is 14.9. The number of rotatable bonds is 6. The number of aromatic nitrogens is 1. The molecule has 3 nitrogen and oxygen atoms in total. The van der Waals surface area contributed by atoms with Gasteiger partial charge >= 0.3 is 0 Å².